The Hall–Kier alpha value is -5.30. The third-order valence-corrected chi connectivity index (χ3v) is 16.2. The number of primary amides is 1. The highest BCUT2D eigenvalue weighted by Gasteiger charge is 2.62. The summed E-state index contributed by atoms with van der Waals surface area (Å²) in [6, 6.07) is 2.99. The summed E-state index contributed by atoms with van der Waals surface area (Å²) in [7, 11) is -2.34. The summed E-state index contributed by atoms with van der Waals surface area (Å²) in [4.78, 5) is 82.1. The number of ether oxygens (including phenoxy) is 2. The van der Waals surface area contributed by atoms with Crippen molar-refractivity contribution in [1.82, 2.24) is 35.1 Å². The van der Waals surface area contributed by atoms with Gasteiger partial charge in [0.15, 0.2) is 0 Å². The molecule has 2 aliphatic carbocycles. The average Bonchev–Trinajstić information content (AvgIpc) is 4.14. The molecule has 5 N–H and O–H groups in total. The molecule has 5 aliphatic rings. The van der Waals surface area contributed by atoms with Gasteiger partial charge in [-0.1, -0.05) is 38.8 Å². The number of aromatic nitrogens is 2. The van der Waals surface area contributed by atoms with Crippen molar-refractivity contribution in [1.29, 1.82) is 0 Å². The van der Waals surface area contributed by atoms with Crippen LogP contribution < -0.4 is 30.6 Å². The van der Waals surface area contributed by atoms with Crippen LogP contribution in [-0.2, 0) is 29.2 Å². The van der Waals surface area contributed by atoms with Crippen molar-refractivity contribution in [3.8, 4) is 22.2 Å². The largest absolute Gasteiger partial charge is 0.496 e. The normalized spacial score (nSPS) is 25.6. The third-order valence-electron chi connectivity index (χ3n) is 13.5. The first-order chi connectivity index (χ1) is 31.1. The number of allylic oxidation sites excluding steroid dienone is 1. The number of thiazole rings is 1. The molecule has 65 heavy (non-hydrogen) atoms. The van der Waals surface area contributed by atoms with Crippen LogP contribution in [-0.4, -0.2) is 114 Å². The average molecular weight is 933 g/mol. The highest BCUT2D eigenvalue weighted by atomic mass is 32.2. The van der Waals surface area contributed by atoms with Crippen LogP contribution >= 0.6 is 11.3 Å². The third kappa shape index (κ3) is 10.1. The summed E-state index contributed by atoms with van der Waals surface area (Å²) < 4.78 is 40.8. The van der Waals surface area contributed by atoms with Crippen molar-refractivity contribution in [2.24, 2.45) is 17.6 Å². The van der Waals surface area contributed by atoms with Gasteiger partial charge in [-0.05, 0) is 82.3 Å². The number of likely N-dealkylation sites (tertiary alicyclic amines) is 1. The number of piperidine rings is 1. The number of nitrogens with zero attached hydrogens (tertiary/aromatic N) is 4. The van der Waals surface area contributed by atoms with Crippen molar-refractivity contribution < 1.29 is 41.9 Å². The number of aryl methyl sites for hydroxylation is 1. The Morgan fingerprint density at radius 1 is 1.05 bits per heavy atom. The van der Waals surface area contributed by atoms with E-state index in [0.717, 1.165) is 24.1 Å². The van der Waals surface area contributed by atoms with Crippen LogP contribution in [0.1, 0.15) is 108 Å². The van der Waals surface area contributed by atoms with Crippen molar-refractivity contribution in [2.45, 2.75) is 133 Å². The van der Waals surface area contributed by atoms with Gasteiger partial charge in [0, 0.05) is 54.2 Å². The molecule has 3 aliphatic heterocycles. The maximum atomic E-state index is 15.0. The Balaban J connectivity index is 1.12. The van der Waals surface area contributed by atoms with Gasteiger partial charge in [0.25, 0.3) is 5.91 Å². The minimum atomic E-state index is -3.93. The predicted octanol–water partition coefficient (Wildman–Crippen LogP) is 4.82. The number of hydrogen-bond acceptors (Lipinski definition) is 12. The topological polar surface area (TPSA) is 232 Å². The van der Waals surface area contributed by atoms with Gasteiger partial charge in [0.05, 0.1) is 30.1 Å². The number of carbonyl (C=O) groups excluding carboxylic acids is 5. The zero-order chi connectivity index (χ0) is 46.2. The van der Waals surface area contributed by atoms with Crippen LogP contribution in [0.25, 0.3) is 21.6 Å². The molecule has 6 amide bonds. The van der Waals surface area contributed by atoms with Crippen molar-refractivity contribution in [2.75, 3.05) is 26.7 Å². The van der Waals surface area contributed by atoms with E-state index in [1.54, 1.807) is 12.0 Å². The van der Waals surface area contributed by atoms with Gasteiger partial charge in [0.2, 0.25) is 27.7 Å². The number of pyridine rings is 1. The molecule has 0 bridgehead atoms. The first-order valence-corrected chi connectivity index (χ1v) is 25.3. The molecule has 8 rings (SSSR count). The molecule has 5 heterocycles. The molecular weight excluding hydrogens is 873 g/mol. The van der Waals surface area contributed by atoms with Gasteiger partial charge >= 0.3 is 6.03 Å². The fourth-order valence-electron chi connectivity index (χ4n) is 9.37. The van der Waals surface area contributed by atoms with E-state index in [9.17, 15) is 27.6 Å². The van der Waals surface area contributed by atoms with E-state index in [1.165, 1.54) is 16.2 Å². The lowest BCUT2D eigenvalue weighted by Gasteiger charge is -2.34. The fraction of sp³-hybridized carbons (Fsp3) is 0.587. The van der Waals surface area contributed by atoms with E-state index < -0.39 is 68.7 Å². The minimum Gasteiger partial charge on any atom is -0.496 e. The summed E-state index contributed by atoms with van der Waals surface area (Å²) >= 11 is 1.47. The van der Waals surface area contributed by atoms with Crippen LogP contribution in [0.4, 0.5) is 4.79 Å². The molecular formula is C46H60N8O9S2. The monoisotopic (exact) mass is 932 g/mol. The Morgan fingerprint density at radius 3 is 2.51 bits per heavy atom. The number of amides is 6. The molecule has 4 fully saturated rings. The van der Waals surface area contributed by atoms with Crippen molar-refractivity contribution >= 4 is 61.9 Å². The van der Waals surface area contributed by atoms with Crippen LogP contribution in [0.2, 0.25) is 0 Å². The Labute approximate surface area is 383 Å². The molecule has 0 unspecified atom stereocenters. The van der Waals surface area contributed by atoms with E-state index in [4.69, 9.17) is 25.2 Å². The summed E-state index contributed by atoms with van der Waals surface area (Å²) in [6.07, 6.45) is 8.87. The van der Waals surface area contributed by atoms with Crippen LogP contribution in [0, 0.1) is 18.8 Å². The zero-order valence-electron chi connectivity index (χ0n) is 37.5. The van der Waals surface area contributed by atoms with Gasteiger partial charge in [-0.3, -0.25) is 23.9 Å². The van der Waals surface area contributed by atoms with E-state index in [0.29, 0.717) is 91.1 Å². The maximum absolute atomic E-state index is 15.0. The van der Waals surface area contributed by atoms with E-state index in [2.05, 4.69) is 29.2 Å². The molecule has 2 saturated carbocycles. The molecule has 1 aromatic carbocycles. The lowest BCUT2D eigenvalue weighted by atomic mass is 9.93. The lowest BCUT2D eigenvalue weighted by Crippen LogP contribution is -2.59. The Bertz CT molecular complexity index is 2480. The predicted molar refractivity (Wildman–Crippen MR) is 244 cm³/mol. The molecule has 2 saturated heterocycles. The van der Waals surface area contributed by atoms with E-state index >= 15 is 4.79 Å². The number of sulfonamides is 1. The fourth-order valence-corrected chi connectivity index (χ4v) is 11.7. The second-order valence-corrected chi connectivity index (χ2v) is 21.4. The van der Waals surface area contributed by atoms with Gasteiger partial charge in [-0.2, -0.15) is 0 Å². The Kier molecular flexibility index (Phi) is 13.4. The number of methoxy groups -OCH3 is 1. The van der Waals surface area contributed by atoms with Crippen LogP contribution in [0.5, 0.6) is 11.5 Å². The number of benzene rings is 1. The van der Waals surface area contributed by atoms with Crippen molar-refractivity contribution in [3.05, 3.63) is 47.0 Å². The van der Waals surface area contributed by atoms with Gasteiger partial charge in [-0.15, -0.1) is 11.3 Å². The maximum Gasteiger partial charge on any atom is 0.318 e. The molecule has 3 aromatic rings. The van der Waals surface area contributed by atoms with E-state index in [1.807, 2.05) is 42.7 Å². The van der Waals surface area contributed by atoms with Gasteiger partial charge < -0.3 is 35.6 Å². The minimum absolute atomic E-state index is 0.0244. The lowest BCUT2D eigenvalue weighted by molar-refractivity contribution is -0.141. The smallest absolute Gasteiger partial charge is 0.318 e. The number of nitrogens with one attached hydrogen (secondary N) is 3. The number of rotatable bonds is 11. The molecule has 5 atom stereocenters. The molecule has 19 heteroatoms. The highest BCUT2D eigenvalue weighted by Crippen LogP contribution is 2.46. The quantitative estimate of drug-likeness (QED) is 0.191. The zero-order valence-corrected chi connectivity index (χ0v) is 39.1. The summed E-state index contributed by atoms with van der Waals surface area (Å²) in [5.74, 6) is -1.32. The van der Waals surface area contributed by atoms with Gasteiger partial charge in [-0.25, -0.2) is 23.2 Å². The highest BCUT2D eigenvalue weighted by molar-refractivity contribution is 7.91. The summed E-state index contributed by atoms with van der Waals surface area (Å²) in [5, 5.41) is 8.69. The Morgan fingerprint density at radius 2 is 1.82 bits per heavy atom. The number of fused-ring (bicyclic) bond motifs is 3. The molecule has 0 spiro atoms. The second kappa shape index (κ2) is 18.9. The molecule has 350 valence electrons. The van der Waals surface area contributed by atoms with Crippen LogP contribution in [0.15, 0.2) is 35.7 Å². The van der Waals surface area contributed by atoms with Gasteiger partial charge in [0.1, 0.15) is 45.9 Å². The second-order valence-electron chi connectivity index (χ2n) is 18.6. The number of urea groups is 1. The van der Waals surface area contributed by atoms with E-state index in [-0.39, 0.29) is 43.6 Å². The first-order valence-electron chi connectivity index (χ1n) is 22.9. The number of carbonyl (C=O) groups is 5. The molecule has 2 aromatic heterocycles. The van der Waals surface area contributed by atoms with Crippen LogP contribution in [0.3, 0.4) is 0 Å². The summed E-state index contributed by atoms with van der Waals surface area (Å²) in [5.41, 5.74) is 6.86. The molecule has 17 nitrogen and oxygen atoms in total. The number of hydrogen-bond donors (Lipinski definition) is 4. The SMILES string of the molecule is COc1ccc2c(O[C@@H]3C[C@H]4C(=O)N[C@]5(C(=O)NS(=O)(=O)C6CC6)C[C@H]5C=CCCCCC[C@H](NC(=O)N5CCC(CC(N)=O)CC5)C(=O)N4C3)cc(-c3nc(C(C)C)cs3)nc2c1C. The number of nitrogens with two attached hydrogens (primary N) is 1. The van der Waals surface area contributed by atoms with Crippen molar-refractivity contribution in [3.63, 3.8) is 0 Å². The summed E-state index contributed by atoms with van der Waals surface area (Å²) in [6.45, 7) is 6.83. The molecule has 0 radical (unpaired) electrons. The first kappa shape index (κ1) is 46.2. The standard InChI is InChI=1S/C46H60N8O9S2/c1-26(2)35-25-64-42(49-35)34-22-38(32-14-15-37(62-4)27(3)40(32)48-34)63-30-21-36-41(56)51-46(44(58)52-65(60,61)31-12-13-31)23-29(46)10-8-6-5-7-9-11-33(43(57)54(36)24-30)50-45(59)53-18-16-28(17-19-53)20-39(47)55/h8,10,14-15,22,25-26,28-31,33,36H,5-7,9,11-13,16-21,23-24H2,1-4H3,(H2,47,55)(H,50,59)(H,51,56)(H,52,58)/t29-,30-,33+,36+,46-/m1/s1.